The van der Waals surface area contributed by atoms with Crippen LogP contribution >= 0.6 is 34.5 Å². The minimum absolute atomic E-state index is 0.634. The molecule has 0 atom stereocenters. The second-order valence-electron chi connectivity index (χ2n) is 3.25. The Balaban J connectivity index is 2.64. The van der Waals surface area contributed by atoms with Crippen molar-refractivity contribution in [2.24, 2.45) is 0 Å². The van der Waals surface area contributed by atoms with Crippen LogP contribution in [0.15, 0.2) is 23.6 Å². The van der Waals surface area contributed by atoms with Gasteiger partial charge in [-0.3, -0.25) is 0 Å². The van der Waals surface area contributed by atoms with Crippen LogP contribution in [-0.2, 0) is 0 Å². The van der Waals surface area contributed by atoms with Crippen LogP contribution in [0.4, 0.5) is 5.69 Å². The molecule has 0 amide bonds. The Morgan fingerprint density at radius 3 is 2.53 bits per heavy atom. The third-order valence-corrected chi connectivity index (χ3v) is 3.68. The van der Waals surface area contributed by atoms with E-state index in [2.05, 4.69) is 0 Å². The molecular formula is C11H9Cl2NS. The summed E-state index contributed by atoms with van der Waals surface area (Å²) in [6.07, 6.45) is 0. The van der Waals surface area contributed by atoms with Gasteiger partial charge in [0.05, 0.1) is 5.69 Å². The SMILES string of the molecule is Cc1scc(N)c1-c1ccc(Cl)cc1Cl. The van der Waals surface area contributed by atoms with Gasteiger partial charge < -0.3 is 5.73 Å². The zero-order chi connectivity index (χ0) is 11.0. The van der Waals surface area contributed by atoms with Crippen LogP contribution in [0.25, 0.3) is 11.1 Å². The molecule has 2 rings (SSSR count). The highest BCUT2D eigenvalue weighted by Gasteiger charge is 2.11. The van der Waals surface area contributed by atoms with Crippen molar-refractivity contribution in [2.45, 2.75) is 6.92 Å². The van der Waals surface area contributed by atoms with Gasteiger partial charge in [0.2, 0.25) is 0 Å². The average molecular weight is 258 g/mol. The number of aryl methyl sites for hydroxylation is 1. The Kier molecular flexibility index (Phi) is 2.91. The van der Waals surface area contributed by atoms with Crippen molar-refractivity contribution in [1.82, 2.24) is 0 Å². The van der Waals surface area contributed by atoms with Crippen LogP contribution in [0.3, 0.4) is 0 Å². The molecule has 0 aliphatic carbocycles. The maximum atomic E-state index is 6.13. The summed E-state index contributed by atoms with van der Waals surface area (Å²) in [6.45, 7) is 2.03. The van der Waals surface area contributed by atoms with Crippen LogP contribution < -0.4 is 5.73 Å². The van der Waals surface area contributed by atoms with Gasteiger partial charge in [-0.25, -0.2) is 0 Å². The molecule has 15 heavy (non-hydrogen) atoms. The number of nitrogens with two attached hydrogens (primary N) is 1. The quantitative estimate of drug-likeness (QED) is 0.793. The molecule has 0 radical (unpaired) electrons. The maximum Gasteiger partial charge on any atom is 0.0505 e. The van der Waals surface area contributed by atoms with Crippen LogP contribution in [0.2, 0.25) is 10.0 Å². The number of hydrogen-bond donors (Lipinski definition) is 1. The number of rotatable bonds is 1. The highest BCUT2D eigenvalue weighted by molar-refractivity contribution is 7.11. The minimum atomic E-state index is 0.634. The van der Waals surface area contributed by atoms with Crippen molar-refractivity contribution < 1.29 is 0 Å². The van der Waals surface area contributed by atoms with Gasteiger partial charge in [0.25, 0.3) is 0 Å². The molecule has 0 bridgehead atoms. The van der Waals surface area contributed by atoms with E-state index < -0.39 is 0 Å². The first kappa shape index (κ1) is 10.8. The topological polar surface area (TPSA) is 26.0 Å². The van der Waals surface area contributed by atoms with E-state index in [-0.39, 0.29) is 0 Å². The molecule has 78 valence electrons. The Hall–Kier alpha value is -0.700. The van der Waals surface area contributed by atoms with Gasteiger partial charge >= 0.3 is 0 Å². The van der Waals surface area contributed by atoms with Crippen molar-refractivity contribution in [3.8, 4) is 11.1 Å². The second kappa shape index (κ2) is 4.05. The summed E-state index contributed by atoms with van der Waals surface area (Å²) < 4.78 is 0. The van der Waals surface area contributed by atoms with E-state index in [0.29, 0.717) is 10.0 Å². The van der Waals surface area contributed by atoms with E-state index in [4.69, 9.17) is 28.9 Å². The standard InChI is InChI=1S/C11H9Cl2NS/c1-6-11(10(14)5-15-6)8-3-2-7(12)4-9(8)13/h2-5H,14H2,1H3. The Bertz CT molecular complexity index is 486. The predicted molar refractivity (Wildman–Crippen MR) is 68.9 cm³/mol. The molecule has 1 aromatic carbocycles. The third-order valence-electron chi connectivity index (χ3n) is 2.20. The first-order valence-corrected chi connectivity index (χ1v) is 6.02. The summed E-state index contributed by atoms with van der Waals surface area (Å²) in [5, 5.41) is 3.20. The summed E-state index contributed by atoms with van der Waals surface area (Å²) in [6, 6.07) is 5.45. The van der Waals surface area contributed by atoms with E-state index >= 15 is 0 Å². The molecule has 2 aromatic rings. The van der Waals surface area contributed by atoms with Gasteiger partial charge in [0, 0.05) is 31.4 Å². The summed E-state index contributed by atoms with van der Waals surface area (Å²) in [5.74, 6) is 0. The van der Waals surface area contributed by atoms with Crippen LogP contribution in [0.1, 0.15) is 4.88 Å². The van der Waals surface area contributed by atoms with E-state index in [1.54, 1.807) is 17.4 Å². The van der Waals surface area contributed by atoms with Gasteiger partial charge in [-0.2, -0.15) is 0 Å². The van der Waals surface area contributed by atoms with Gasteiger partial charge in [0.1, 0.15) is 0 Å². The minimum Gasteiger partial charge on any atom is -0.398 e. The summed E-state index contributed by atoms with van der Waals surface area (Å²) in [7, 11) is 0. The van der Waals surface area contributed by atoms with E-state index in [9.17, 15) is 0 Å². The highest BCUT2D eigenvalue weighted by Crippen LogP contribution is 2.38. The molecule has 0 fully saturated rings. The molecule has 0 spiro atoms. The maximum absolute atomic E-state index is 6.13. The highest BCUT2D eigenvalue weighted by atomic mass is 35.5. The zero-order valence-electron chi connectivity index (χ0n) is 8.05. The molecule has 2 N–H and O–H groups in total. The largest absolute Gasteiger partial charge is 0.398 e. The van der Waals surface area contributed by atoms with Crippen molar-refractivity contribution in [1.29, 1.82) is 0 Å². The molecule has 0 aliphatic rings. The molecule has 4 heteroatoms. The van der Waals surface area contributed by atoms with Crippen LogP contribution in [-0.4, -0.2) is 0 Å². The number of thiophene rings is 1. The summed E-state index contributed by atoms with van der Waals surface area (Å²) in [4.78, 5) is 1.16. The second-order valence-corrected chi connectivity index (χ2v) is 5.17. The molecule has 1 aromatic heterocycles. The monoisotopic (exact) mass is 257 g/mol. The van der Waals surface area contributed by atoms with E-state index in [0.717, 1.165) is 21.7 Å². The normalized spacial score (nSPS) is 10.6. The lowest BCUT2D eigenvalue weighted by atomic mass is 10.1. The predicted octanol–water partition coefficient (Wildman–Crippen LogP) is 4.61. The Morgan fingerprint density at radius 2 is 2.00 bits per heavy atom. The summed E-state index contributed by atoms with van der Waals surface area (Å²) >= 11 is 13.6. The van der Waals surface area contributed by atoms with Gasteiger partial charge in [-0.05, 0) is 19.1 Å². The Morgan fingerprint density at radius 1 is 1.27 bits per heavy atom. The number of hydrogen-bond acceptors (Lipinski definition) is 2. The van der Waals surface area contributed by atoms with Gasteiger partial charge in [-0.1, -0.05) is 29.3 Å². The molecule has 0 unspecified atom stereocenters. The lowest BCUT2D eigenvalue weighted by molar-refractivity contribution is 1.58. The first-order chi connectivity index (χ1) is 7.09. The first-order valence-electron chi connectivity index (χ1n) is 4.38. The third kappa shape index (κ3) is 1.98. The van der Waals surface area contributed by atoms with E-state index in [1.165, 1.54) is 0 Å². The molecule has 0 saturated carbocycles. The van der Waals surface area contributed by atoms with Gasteiger partial charge in [0.15, 0.2) is 0 Å². The van der Waals surface area contributed by atoms with Crippen LogP contribution in [0.5, 0.6) is 0 Å². The van der Waals surface area contributed by atoms with Crippen LogP contribution in [0, 0.1) is 6.92 Å². The lowest BCUT2D eigenvalue weighted by Crippen LogP contribution is -1.87. The molecular weight excluding hydrogens is 249 g/mol. The fourth-order valence-corrected chi connectivity index (χ4v) is 2.78. The fraction of sp³-hybridized carbons (Fsp3) is 0.0909. The zero-order valence-corrected chi connectivity index (χ0v) is 10.4. The van der Waals surface area contributed by atoms with Crippen molar-refractivity contribution in [3.63, 3.8) is 0 Å². The average Bonchev–Trinajstić information content (AvgIpc) is 2.48. The number of anilines is 1. The molecule has 1 nitrogen and oxygen atoms in total. The van der Waals surface area contributed by atoms with Gasteiger partial charge in [-0.15, -0.1) is 11.3 Å². The number of benzene rings is 1. The molecule has 0 aliphatic heterocycles. The Labute approximate surface area is 102 Å². The smallest absolute Gasteiger partial charge is 0.0505 e. The number of halogens is 2. The van der Waals surface area contributed by atoms with Crippen molar-refractivity contribution >= 4 is 40.2 Å². The molecule has 0 saturated heterocycles. The lowest BCUT2D eigenvalue weighted by Gasteiger charge is -2.05. The van der Waals surface area contributed by atoms with E-state index in [1.807, 2.05) is 24.4 Å². The molecule has 1 heterocycles. The fourth-order valence-electron chi connectivity index (χ4n) is 1.51. The van der Waals surface area contributed by atoms with Crippen molar-refractivity contribution in [3.05, 3.63) is 38.5 Å². The summed E-state index contributed by atoms with van der Waals surface area (Å²) in [5.41, 5.74) is 8.62. The number of nitrogen functional groups attached to an aromatic ring is 1. The van der Waals surface area contributed by atoms with Crippen molar-refractivity contribution in [2.75, 3.05) is 5.73 Å².